The highest BCUT2D eigenvalue weighted by atomic mass is 35.5. The topological polar surface area (TPSA) is 138 Å². The Morgan fingerprint density at radius 2 is 1.74 bits per heavy atom. The Labute approximate surface area is 234 Å². The first-order chi connectivity index (χ1) is 18.5. The molecule has 3 N–H and O–H groups in total. The van der Waals surface area contributed by atoms with E-state index >= 15 is 0 Å². The molecular weight excluding hydrogens is 565 g/mol. The van der Waals surface area contributed by atoms with Gasteiger partial charge in [0.15, 0.2) is 5.75 Å². The number of benzene rings is 4. The molecule has 0 aliphatic rings. The zero-order chi connectivity index (χ0) is 28.3. The molecule has 0 radical (unpaired) electrons. The van der Waals surface area contributed by atoms with E-state index in [-0.39, 0.29) is 33.9 Å². The summed E-state index contributed by atoms with van der Waals surface area (Å²) in [4.78, 5) is 12.8. The van der Waals surface area contributed by atoms with Crippen LogP contribution in [0.25, 0.3) is 10.8 Å². The maximum Gasteiger partial charge on any atom is 0.296 e. The van der Waals surface area contributed by atoms with Gasteiger partial charge in [-0.3, -0.25) is 9.35 Å². The zero-order valence-electron chi connectivity index (χ0n) is 20.8. The number of anilines is 1. The van der Waals surface area contributed by atoms with Crippen LogP contribution in [0.5, 0.6) is 11.5 Å². The highest BCUT2D eigenvalue weighted by Gasteiger charge is 2.21. The van der Waals surface area contributed by atoms with E-state index in [9.17, 15) is 22.9 Å². The molecule has 0 saturated carbocycles. The first-order valence-electron chi connectivity index (χ1n) is 11.7. The van der Waals surface area contributed by atoms with E-state index in [1.165, 1.54) is 24.3 Å². The third-order valence-corrected chi connectivity index (χ3v) is 7.44. The molecule has 0 heterocycles. The Bertz CT molecular complexity index is 1720. The average Bonchev–Trinajstić information content (AvgIpc) is 2.88. The molecule has 12 heteroatoms. The molecule has 0 bridgehead atoms. The number of amides is 1. The van der Waals surface area contributed by atoms with Crippen LogP contribution in [0, 0.1) is 0 Å². The van der Waals surface area contributed by atoms with Gasteiger partial charge in [-0.25, -0.2) is 0 Å². The molecule has 0 fully saturated rings. The summed E-state index contributed by atoms with van der Waals surface area (Å²) in [6, 6.07) is 16.0. The number of carbonyl (C=O) groups excluding carboxylic acids is 1. The standard InChI is InChI=1S/C27H23Cl2N3O6S/c1-3-15-11-18(14-22(29)26(15)39(35,36)37)31-32-24-19-8-6-5-7-16(19)12-20(25(24)33)27(34)30-17-9-10-23(38-4-2)21(28)13-17/h5-14,33H,3-4H2,1-2H3,(H,30,34)(H,35,36,37). The lowest BCUT2D eigenvalue weighted by atomic mass is 10.0. The van der Waals surface area contributed by atoms with E-state index in [4.69, 9.17) is 27.9 Å². The monoisotopic (exact) mass is 587 g/mol. The van der Waals surface area contributed by atoms with Gasteiger partial charge < -0.3 is 15.2 Å². The number of phenolic OH excluding ortho intramolecular Hbond substituents is 1. The fourth-order valence-corrected chi connectivity index (χ4v) is 5.59. The Hall–Kier alpha value is -3.70. The summed E-state index contributed by atoms with van der Waals surface area (Å²) >= 11 is 12.4. The van der Waals surface area contributed by atoms with E-state index in [2.05, 4.69) is 15.5 Å². The van der Waals surface area contributed by atoms with Gasteiger partial charge in [0.1, 0.15) is 16.3 Å². The van der Waals surface area contributed by atoms with E-state index < -0.39 is 26.7 Å². The van der Waals surface area contributed by atoms with Gasteiger partial charge in [-0.05, 0) is 60.7 Å². The number of halogens is 2. The summed E-state index contributed by atoms with van der Waals surface area (Å²) in [7, 11) is -4.55. The molecule has 1 amide bonds. The number of azo groups is 1. The van der Waals surface area contributed by atoms with Gasteiger partial charge in [-0.15, -0.1) is 5.11 Å². The molecule has 4 rings (SSSR count). The molecule has 0 spiro atoms. The van der Waals surface area contributed by atoms with Crippen LogP contribution in [0.3, 0.4) is 0 Å². The summed E-state index contributed by atoms with van der Waals surface area (Å²) < 4.78 is 38.4. The van der Waals surface area contributed by atoms with Crippen LogP contribution in [-0.4, -0.2) is 30.6 Å². The molecule has 0 unspecified atom stereocenters. The van der Waals surface area contributed by atoms with E-state index in [0.29, 0.717) is 33.8 Å². The fourth-order valence-electron chi connectivity index (χ4n) is 3.99. The SMILES string of the molecule is CCOc1ccc(NC(=O)c2cc3ccccc3c(N=Nc3cc(Cl)c(S(=O)(=O)O)c(CC)c3)c2O)cc1Cl. The van der Waals surface area contributed by atoms with Crippen molar-refractivity contribution in [3.05, 3.63) is 81.8 Å². The number of carbonyl (C=O) groups is 1. The molecule has 39 heavy (non-hydrogen) atoms. The summed E-state index contributed by atoms with van der Waals surface area (Å²) in [5.74, 6) is -0.545. The minimum Gasteiger partial charge on any atom is -0.505 e. The number of aromatic hydroxyl groups is 1. The fraction of sp³-hybridized carbons (Fsp3) is 0.148. The van der Waals surface area contributed by atoms with Crippen molar-refractivity contribution >= 4 is 67.1 Å². The summed E-state index contributed by atoms with van der Waals surface area (Å²) in [5.41, 5.74) is 0.796. The Kier molecular flexibility index (Phi) is 8.41. The number of fused-ring (bicyclic) bond motifs is 1. The predicted molar refractivity (Wildman–Crippen MR) is 151 cm³/mol. The van der Waals surface area contributed by atoms with E-state index in [0.717, 1.165) is 0 Å². The minimum absolute atomic E-state index is 0.0241. The van der Waals surface area contributed by atoms with Gasteiger partial charge in [-0.1, -0.05) is 54.4 Å². The maximum atomic E-state index is 13.2. The molecular formula is C27H23Cl2N3O6S. The first-order valence-corrected chi connectivity index (χ1v) is 13.9. The first kappa shape index (κ1) is 28.3. The van der Waals surface area contributed by atoms with Crippen molar-refractivity contribution < 1.29 is 27.6 Å². The van der Waals surface area contributed by atoms with Crippen molar-refractivity contribution in [1.29, 1.82) is 0 Å². The number of nitrogens with zero attached hydrogens (tertiary/aromatic N) is 2. The second kappa shape index (κ2) is 11.6. The third-order valence-electron chi connectivity index (χ3n) is 5.74. The molecule has 9 nitrogen and oxygen atoms in total. The molecule has 0 saturated heterocycles. The molecule has 4 aromatic carbocycles. The van der Waals surface area contributed by atoms with Crippen molar-refractivity contribution in [3.8, 4) is 11.5 Å². The quantitative estimate of drug-likeness (QED) is 0.142. The summed E-state index contributed by atoms with van der Waals surface area (Å²) in [6.45, 7) is 3.96. The Morgan fingerprint density at radius 3 is 2.41 bits per heavy atom. The molecule has 202 valence electrons. The maximum absolute atomic E-state index is 13.2. The lowest BCUT2D eigenvalue weighted by Crippen LogP contribution is -2.12. The van der Waals surface area contributed by atoms with Crippen LogP contribution < -0.4 is 10.1 Å². The Balaban J connectivity index is 1.75. The van der Waals surface area contributed by atoms with Gasteiger partial charge in [0.2, 0.25) is 0 Å². The van der Waals surface area contributed by atoms with E-state index in [1.807, 2.05) is 6.92 Å². The van der Waals surface area contributed by atoms with Crippen LogP contribution >= 0.6 is 23.2 Å². The van der Waals surface area contributed by atoms with Gasteiger partial charge in [0, 0.05) is 11.1 Å². The number of phenols is 1. The third kappa shape index (κ3) is 6.15. The number of hydrogen-bond donors (Lipinski definition) is 3. The molecule has 4 aromatic rings. The van der Waals surface area contributed by atoms with Crippen molar-refractivity contribution in [2.24, 2.45) is 10.2 Å². The largest absolute Gasteiger partial charge is 0.505 e. The lowest BCUT2D eigenvalue weighted by Gasteiger charge is -2.12. The zero-order valence-corrected chi connectivity index (χ0v) is 23.1. The normalized spacial score (nSPS) is 11.7. The number of aryl methyl sites for hydroxylation is 1. The summed E-state index contributed by atoms with van der Waals surface area (Å²) in [5, 5.41) is 23.4. The van der Waals surface area contributed by atoms with Crippen LogP contribution in [0.15, 0.2) is 75.8 Å². The van der Waals surface area contributed by atoms with Crippen molar-refractivity contribution in [1.82, 2.24) is 0 Å². The van der Waals surface area contributed by atoms with Crippen molar-refractivity contribution in [2.45, 2.75) is 25.2 Å². The molecule has 0 aliphatic carbocycles. The lowest BCUT2D eigenvalue weighted by molar-refractivity contribution is 0.102. The highest BCUT2D eigenvalue weighted by molar-refractivity contribution is 7.86. The molecule has 0 atom stereocenters. The number of nitrogens with one attached hydrogen (secondary N) is 1. The van der Waals surface area contributed by atoms with Crippen LogP contribution in [-0.2, 0) is 16.5 Å². The van der Waals surface area contributed by atoms with Gasteiger partial charge in [0.05, 0.1) is 27.9 Å². The predicted octanol–water partition coefficient (Wildman–Crippen LogP) is 7.73. The molecule has 0 aliphatic heterocycles. The van der Waals surface area contributed by atoms with E-state index in [1.54, 1.807) is 43.3 Å². The number of rotatable bonds is 8. The van der Waals surface area contributed by atoms with Crippen LogP contribution in [0.1, 0.15) is 29.8 Å². The summed E-state index contributed by atoms with van der Waals surface area (Å²) in [6.07, 6.45) is 0.248. The second-order valence-electron chi connectivity index (χ2n) is 8.32. The smallest absolute Gasteiger partial charge is 0.296 e. The van der Waals surface area contributed by atoms with Gasteiger partial charge in [-0.2, -0.15) is 13.5 Å². The highest BCUT2D eigenvalue weighted by Crippen LogP contribution is 2.40. The second-order valence-corrected chi connectivity index (χ2v) is 10.5. The minimum atomic E-state index is -4.55. The number of ether oxygens (including phenoxy) is 1. The van der Waals surface area contributed by atoms with Crippen molar-refractivity contribution in [3.63, 3.8) is 0 Å². The van der Waals surface area contributed by atoms with Crippen LogP contribution in [0.2, 0.25) is 10.0 Å². The van der Waals surface area contributed by atoms with Gasteiger partial charge >= 0.3 is 0 Å². The van der Waals surface area contributed by atoms with Gasteiger partial charge in [0.25, 0.3) is 16.0 Å². The Morgan fingerprint density at radius 1 is 1.00 bits per heavy atom. The van der Waals surface area contributed by atoms with Crippen molar-refractivity contribution in [2.75, 3.05) is 11.9 Å². The average molecular weight is 588 g/mol. The molecule has 0 aromatic heterocycles. The number of hydrogen-bond acceptors (Lipinski definition) is 7. The van der Waals surface area contributed by atoms with Crippen LogP contribution in [0.4, 0.5) is 17.1 Å².